The second-order valence-electron chi connectivity index (χ2n) is 14.1. The molecule has 2 rings (SSSR count). The van der Waals surface area contributed by atoms with E-state index >= 15 is 0 Å². The number of likely N-dealkylation sites (N-methyl/N-ethyl adjacent to an activating group) is 1. The van der Waals surface area contributed by atoms with Crippen LogP contribution >= 0.6 is 0 Å². The van der Waals surface area contributed by atoms with Gasteiger partial charge in [0.25, 0.3) is 0 Å². The van der Waals surface area contributed by atoms with Crippen LogP contribution in [0.25, 0.3) is 0 Å². The molecule has 15 nitrogen and oxygen atoms in total. The molecule has 1 aromatic heterocycles. The minimum absolute atomic E-state index is 0.0255. The van der Waals surface area contributed by atoms with Crippen LogP contribution in [0.5, 0.6) is 0 Å². The molecule has 0 unspecified atom stereocenters. The molecule has 0 radical (unpaired) electrons. The van der Waals surface area contributed by atoms with Crippen molar-refractivity contribution in [3.05, 3.63) is 54.1 Å². The van der Waals surface area contributed by atoms with Gasteiger partial charge in [-0.1, -0.05) is 114 Å². The van der Waals surface area contributed by atoms with E-state index in [1.807, 2.05) is 30.3 Å². The smallest absolute Gasteiger partial charge is 0.243 e. The second kappa shape index (κ2) is 28.5. The lowest BCUT2D eigenvalue weighted by atomic mass is 10.0. The molecule has 0 spiro atoms. The van der Waals surface area contributed by atoms with E-state index in [1.165, 1.54) is 77.6 Å². The third-order valence-electron chi connectivity index (χ3n) is 9.35. The molecule has 10 N–H and O–H groups in total. The van der Waals surface area contributed by atoms with Crippen molar-refractivity contribution in [1.82, 2.24) is 41.9 Å². The molecule has 0 bridgehead atoms. The number of aromatic amines is 1. The summed E-state index contributed by atoms with van der Waals surface area (Å²) in [6.45, 7) is 2.27. The number of carbonyl (C=O) groups excluding carboxylic acids is 5. The summed E-state index contributed by atoms with van der Waals surface area (Å²) in [7, 11) is 1.46. The number of hydrogen-bond donors (Lipinski definition) is 9. The van der Waals surface area contributed by atoms with Gasteiger partial charge in [0.15, 0.2) is 5.96 Å². The average molecular weight is 767 g/mol. The summed E-state index contributed by atoms with van der Waals surface area (Å²) in [4.78, 5) is 72.8. The van der Waals surface area contributed by atoms with E-state index in [-0.39, 0.29) is 37.7 Å². The maximum absolute atomic E-state index is 13.8. The molecule has 0 saturated heterocycles. The third kappa shape index (κ3) is 21.5. The molecule has 5 amide bonds. The van der Waals surface area contributed by atoms with E-state index in [0.717, 1.165) is 24.8 Å². The number of imidazole rings is 1. The summed E-state index contributed by atoms with van der Waals surface area (Å²) in [5.74, 6) is -2.62. The van der Waals surface area contributed by atoms with Crippen molar-refractivity contribution in [3.63, 3.8) is 0 Å². The number of rotatable bonds is 30. The van der Waals surface area contributed by atoms with Gasteiger partial charge in [-0.3, -0.25) is 29.4 Å². The maximum Gasteiger partial charge on any atom is 0.243 e. The van der Waals surface area contributed by atoms with Gasteiger partial charge in [0.05, 0.1) is 18.6 Å². The molecule has 0 fully saturated rings. The molecule has 0 aliphatic carbocycles. The highest BCUT2D eigenvalue weighted by atomic mass is 16.2. The first-order valence-corrected chi connectivity index (χ1v) is 20.1. The van der Waals surface area contributed by atoms with E-state index in [9.17, 15) is 24.0 Å². The Balaban J connectivity index is 1.92. The van der Waals surface area contributed by atoms with Gasteiger partial charge >= 0.3 is 0 Å². The van der Waals surface area contributed by atoms with Gasteiger partial charge < -0.3 is 42.6 Å². The molecule has 306 valence electrons. The van der Waals surface area contributed by atoms with Gasteiger partial charge in [0.1, 0.15) is 18.1 Å². The Morgan fingerprint density at radius 1 is 0.709 bits per heavy atom. The van der Waals surface area contributed by atoms with Crippen LogP contribution in [0.15, 0.2) is 42.9 Å². The molecule has 1 heterocycles. The number of carbonyl (C=O) groups is 5. The van der Waals surface area contributed by atoms with E-state index in [2.05, 4.69) is 48.8 Å². The number of nitrogens with zero attached hydrogens (tertiary/aromatic N) is 1. The minimum atomic E-state index is -1.12. The van der Waals surface area contributed by atoms with Crippen molar-refractivity contribution in [2.75, 3.05) is 20.1 Å². The van der Waals surface area contributed by atoms with E-state index < -0.39 is 41.8 Å². The number of H-pyrrole nitrogens is 1. The van der Waals surface area contributed by atoms with E-state index in [4.69, 9.17) is 11.1 Å². The van der Waals surface area contributed by atoms with Crippen LogP contribution < -0.4 is 37.6 Å². The zero-order chi connectivity index (χ0) is 40.1. The fourth-order valence-corrected chi connectivity index (χ4v) is 6.21. The fourth-order valence-electron chi connectivity index (χ4n) is 6.21. The summed E-state index contributed by atoms with van der Waals surface area (Å²) in [6, 6.07) is 5.97. The Hall–Kier alpha value is -4.95. The summed E-state index contributed by atoms with van der Waals surface area (Å²) in [6.07, 6.45) is 19.9. The van der Waals surface area contributed by atoms with E-state index in [0.29, 0.717) is 25.1 Å². The van der Waals surface area contributed by atoms with Gasteiger partial charge in [0.2, 0.25) is 29.5 Å². The highest BCUT2D eigenvalue weighted by Gasteiger charge is 2.30. The molecule has 2 aromatic rings. The van der Waals surface area contributed by atoms with Crippen LogP contribution in [0.4, 0.5) is 0 Å². The molecule has 1 aromatic carbocycles. The van der Waals surface area contributed by atoms with Crippen LogP contribution in [0.3, 0.4) is 0 Å². The molecule has 3 atom stereocenters. The van der Waals surface area contributed by atoms with E-state index in [1.54, 1.807) is 6.20 Å². The highest BCUT2D eigenvalue weighted by Crippen LogP contribution is 2.13. The van der Waals surface area contributed by atoms with Crippen molar-refractivity contribution in [3.8, 4) is 0 Å². The van der Waals surface area contributed by atoms with Crippen LogP contribution in [0.1, 0.15) is 121 Å². The maximum atomic E-state index is 13.8. The lowest BCUT2D eigenvalue weighted by Crippen LogP contribution is -2.58. The number of hydrogen-bond acceptors (Lipinski definition) is 7. The van der Waals surface area contributed by atoms with Gasteiger partial charge in [0, 0.05) is 39.1 Å². The zero-order valence-electron chi connectivity index (χ0n) is 33.0. The van der Waals surface area contributed by atoms with Crippen molar-refractivity contribution in [2.24, 2.45) is 5.73 Å². The van der Waals surface area contributed by atoms with Gasteiger partial charge in [-0.2, -0.15) is 0 Å². The second-order valence-corrected chi connectivity index (χ2v) is 14.1. The quantitative estimate of drug-likeness (QED) is 0.0324. The van der Waals surface area contributed by atoms with Gasteiger partial charge in [-0.05, 0) is 24.8 Å². The summed E-state index contributed by atoms with van der Waals surface area (Å²) < 4.78 is 0. The summed E-state index contributed by atoms with van der Waals surface area (Å²) in [5.41, 5.74) is 6.63. The van der Waals surface area contributed by atoms with Crippen molar-refractivity contribution >= 4 is 35.5 Å². The minimum Gasteiger partial charge on any atom is -0.370 e. The largest absolute Gasteiger partial charge is 0.370 e. The Morgan fingerprint density at radius 3 is 1.85 bits per heavy atom. The number of unbranched alkanes of at least 4 members (excludes halogenated alkanes) is 12. The number of amides is 5. The number of nitrogens with one attached hydrogen (secondary N) is 8. The molecular weight excluding hydrogens is 701 g/mol. The summed E-state index contributed by atoms with van der Waals surface area (Å²) >= 11 is 0. The van der Waals surface area contributed by atoms with Crippen LogP contribution in [-0.2, 0) is 36.8 Å². The van der Waals surface area contributed by atoms with Crippen LogP contribution in [-0.4, -0.2) is 83.7 Å². The number of aromatic nitrogens is 2. The normalized spacial score (nSPS) is 12.5. The SMILES string of the molecule is CCCCCCCCCCCCCCCC(=O)NCC(=O)N[C@@H](Cc1c[nH]cn1)C(=O)N[C@@H](Cc1ccccc1)C(=O)N[C@@H](CCCNC(=N)N)C(=O)NC. The molecule has 0 aliphatic heterocycles. The van der Waals surface area contributed by atoms with Crippen LogP contribution in [0.2, 0.25) is 0 Å². The third-order valence-corrected chi connectivity index (χ3v) is 9.35. The number of guanidine groups is 1. The fraction of sp³-hybridized carbons (Fsp3) is 0.625. The Kier molecular flexibility index (Phi) is 23.9. The van der Waals surface area contributed by atoms with Gasteiger partial charge in [-0.15, -0.1) is 0 Å². The summed E-state index contributed by atoms with van der Waals surface area (Å²) in [5, 5.41) is 23.4. The zero-order valence-corrected chi connectivity index (χ0v) is 33.0. The monoisotopic (exact) mass is 767 g/mol. The standard InChI is InChI=1S/C40H66N10O5/c1-3-4-5-6-7-8-9-10-11-12-13-14-18-23-35(51)46-28-36(52)48-34(26-31-27-44-29-47-31)39(55)50-33(25-30-20-16-15-17-21-30)38(54)49-32(37(53)43-2)22-19-24-45-40(41)42/h15-17,20-21,27,29,32-34H,3-14,18-19,22-26,28H2,1-2H3,(H,43,53)(H,44,47)(H,46,51)(H,48,52)(H,49,54)(H,50,55)(H4,41,42,45)/t32-,33-,34-/m0/s1. The number of benzene rings is 1. The highest BCUT2D eigenvalue weighted by molar-refractivity contribution is 5.95. The molecular formula is C40H66N10O5. The van der Waals surface area contributed by atoms with Crippen molar-refractivity contribution in [2.45, 2.75) is 141 Å². The molecule has 55 heavy (non-hydrogen) atoms. The van der Waals surface area contributed by atoms with Crippen molar-refractivity contribution in [1.29, 1.82) is 5.41 Å². The Labute approximate surface area is 326 Å². The average Bonchev–Trinajstić information content (AvgIpc) is 3.69. The van der Waals surface area contributed by atoms with Crippen LogP contribution in [0, 0.1) is 5.41 Å². The topological polar surface area (TPSA) is 236 Å². The van der Waals surface area contributed by atoms with Gasteiger partial charge in [-0.25, -0.2) is 4.98 Å². The first-order chi connectivity index (χ1) is 26.6. The molecule has 0 saturated carbocycles. The Morgan fingerprint density at radius 2 is 1.29 bits per heavy atom. The number of nitrogens with two attached hydrogens (primary N) is 1. The lowest BCUT2D eigenvalue weighted by Gasteiger charge is -2.25. The molecule has 0 aliphatic rings. The lowest BCUT2D eigenvalue weighted by molar-refractivity contribution is -0.133. The predicted octanol–water partition coefficient (Wildman–Crippen LogP) is 3.26. The van der Waals surface area contributed by atoms with Crippen molar-refractivity contribution < 1.29 is 24.0 Å². The first kappa shape index (κ1) is 46.2. The predicted molar refractivity (Wildman–Crippen MR) is 215 cm³/mol. The first-order valence-electron chi connectivity index (χ1n) is 20.1. The Bertz CT molecular complexity index is 1410. The molecule has 15 heteroatoms.